The van der Waals surface area contributed by atoms with E-state index in [0.29, 0.717) is 31.6 Å². The van der Waals surface area contributed by atoms with Gasteiger partial charge in [0, 0.05) is 37.2 Å². The van der Waals surface area contributed by atoms with Gasteiger partial charge in [0.15, 0.2) is 0 Å². The molecular formula is C19H22ClFN4O3. The number of rotatable bonds is 11. The van der Waals surface area contributed by atoms with Crippen LogP contribution in [0.25, 0.3) is 0 Å². The summed E-state index contributed by atoms with van der Waals surface area (Å²) in [6.07, 6.45) is 1.27. The van der Waals surface area contributed by atoms with Crippen molar-refractivity contribution in [3.63, 3.8) is 0 Å². The van der Waals surface area contributed by atoms with E-state index < -0.39 is 5.82 Å². The van der Waals surface area contributed by atoms with Gasteiger partial charge in [-0.3, -0.25) is 9.59 Å². The average Bonchev–Trinajstić information content (AvgIpc) is 2.67. The number of carbonyl (C=O) groups is 2. The highest BCUT2D eigenvalue weighted by molar-refractivity contribution is 6.32. The Morgan fingerprint density at radius 2 is 2.14 bits per heavy atom. The monoisotopic (exact) mass is 408 g/mol. The van der Waals surface area contributed by atoms with Gasteiger partial charge in [-0.15, -0.1) is 0 Å². The number of anilines is 1. The highest BCUT2D eigenvalue weighted by Crippen LogP contribution is 2.34. The molecule has 0 aliphatic carbocycles. The Bertz CT molecular complexity index is 822. The van der Waals surface area contributed by atoms with Gasteiger partial charge in [0.25, 0.3) is 0 Å². The molecule has 0 aliphatic rings. The number of nitrogens with zero attached hydrogens (tertiary/aromatic N) is 2. The van der Waals surface area contributed by atoms with Gasteiger partial charge in [0.05, 0.1) is 0 Å². The number of ether oxygens (including phenoxy) is 1. The van der Waals surface area contributed by atoms with Crippen LogP contribution in [0.5, 0.6) is 11.6 Å². The maximum absolute atomic E-state index is 13.4. The largest absolute Gasteiger partial charge is 0.437 e. The molecule has 150 valence electrons. The van der Waals surface area contributed by atoms with Crippen LogP contribution in [0.15, 0.2) is 30.3 Å². The third-order valence-electron chi connectivity index (χ3n) is 4.02. The van der Waals surface area contributed by atoms with Crippen LogP contribution in [0.1, 0.15) is 18.4 Å². The first-order chi connectivity index (χ1) is 13.5. The summed E-state index contributed by atoms with van der Waals surface area (Å²) in [6, 6.07) is 7.18. The zero-order valence-electron chi connectivity index (χ0n) is 15.6. The summed E-state index contributed by atoms with van der Waals surface area (Å²) >= 11 is 6.30. The first kappa shape index (κ1) is 21.6. The van der Waals surface area contributed by atoms with E-state index in [1.165, 1.54) is 18.2 Å². The van der Waals surface area contributed by atoms with Crippen molar-refractivity contribution < 1.29 is 18.7 Å². The number of hydrogen-bond acceptors (Lipinski definition) is 5. The third-order valence-corrected chi connectivity index (χ3v) is 4.29. The number of aromatic nitrogens is 1. The van der Waals surface area contributed by atoms with E-state index in [1.807, 2.05) is 6.92 Å². The predicted molar refractivity (Wildman–Crippen MR) is 105 cm³/mol. The second-order valence-electron chi connectivity index (χ2n) is 6.14. The molecule has 1 unspecified atom stereocenters. The van der Waals surface area contributed by atoms with Crippen LogP contribution in [0, 0.1) is 5.82 Å². The molecule has 0 saturated carbocycles. The molecule has 0 bridgehead atoms. The molecule has 0 aliphatic heterocycles. The SMILES string of the molecule is CNCCN(C=O)CC(C)c1cc(Cl)c(Oc2cccc(F)c2)nc1NC=O. The lowest BCUT2D eigenvalue weighted by Gasteiger charge is -2.23. The Hall–Kier alpha value is -2.71. The summed E-state index contributed by atoms with van der Waals surface area (Å²) in [5.41, 5.74) is 0.653. The van der Waals surface area contributed by atoms with E-state index in [-0.39, 0.29) is 28.4 Å². The van der Waals surface area contributed by atoms with Gasteiger partial charge >= 0.3 is 0 Å². The zero-order chi connectivity index (χ0) is 20.5. The summed E-state index contributed by atoms with van der Waals surface area (Å²) in [7, 11) is 1.81. The van der Waals surface area contributed by atoms with Gasteiger partial charge < -0.3 is 20.3 Å². The van der Waals surface area contributed by atoms with Crippen LogP contribution in [-0.2, 0) is 9.59 Å². The Morgan fingerprint density at radius 1 is 1.36 bits per heavy atom. The molecule has 1 atom stereocenters. The number of nitrogens with one attached hydrogen (secondary N) is 2. The molecule has 2 N–H and O–H groups in total. The van der Waals surface area contributed by atoms with Crippen LogP contribution in [0.3, 0.4) is 0 Å². The van der Waals surface area contributed by atoms with E-state index in [2.05, 4.69) is 15.6 Å². The van der Waals surface area contributed by atoms with Gasteiger partial charge in [0.1, 0.15) is 22.4 Å². The minimum atomic E-state index is -0.458. The first-order valence-electron chi connectivity index (χ1n) is 8.66. The zero-order valence-corrected chi connectivity index (χ0v) is 16.4. The molecule has 1 aromatic heterocycles. The number of benzene rings is 1. The lowest BCUT2D eigenvalue weighted by Crippen LogP contribution is -2.32. The molecule has 0 saturated heterocycles. The Balaban J connectivity index is 2.27. The van der Waals surface area contributed by atoms with Gasteiger partial charge in [0.2, 0.25) is 18.7 Å². The van der Waals surface area contributed by atoms with E-state index in [1.54, 1.807) is 24.1 Å². The normalized spacial score (nSPS) is 11.6. The second-order valence-corrected chi connectivity index (χ2v) is 6.55. The van der Waals surface area contributed by atoms with Gasteiger partial charge in [-0.2, -0.15) is 4.98 Å². The number of carbonyl (C=O) groups excluding carboxylic acids is 2. The standard InChI is InChI=1S/C19H22ClFN4O3/c1-13(10-25(12-27)7-6-22-2)16-9-17(20)19(24-18(16)23-11-26)28-15-5-3-4-14(21)8-15/h3-5,8-9,11-13,22H,6-7,10H2,1-2H3,(H,23,24,26). The van der Waals surface area contributed by atoms with Crippen molar-refractivity contribution in [2.45, 2.75) is 12.8 Å². The maximum atomic E-state index is 13.4. The van der Waals surface area contributed by atoms with E-state index in [0.717, 1.165) is 6.41 Å². The molecule has 1 aromatic carbocycles. The molecule has 9 heteroatoms. The highest BCUT2D eigenvalue weighted by atomic mass is 35.5. The fourth-order valence-electron chi connectivity index (χ4n) is 2.64. The average molecular weight is 409 g/mol. The molecule has 2 amide bonds. The van der Waals surface area contributed by atoms with Crippen molar-refractivity contribution in [1.29, 1.82) is 0 Å². The third kappa shape index (κ3) is 5.90. The van der Waals surface area contributed by atoms with Crippen molar-refractivity contribution in [2.24, 2.45) is 0 Å². The summed E-state index contributed by atoms with van der Waals surface area (Å²) in [6.45, 7) is 3.51. The maximum Gasteiger partial charge on any atom is 0.240 e. The fourth-order valence-corrected chi connectivity index (χ4v) is 2.84. The van der Waals surface area contributed by atoms with Crippen LogP contribution in [-0.4, -0.2) is 49.4 Å². The minimum Gasteiger partial charge on any atom is -0.437 e. The fraction of sp³-hybridized carbons (Fsp3) is 0.316. The second kappa shape index (κ2) is 10.6. The molecule has 28 heavy (non-hydrogen) atoms. The molecule has 7 nitrogen and oxygen atoms in total. The Morgan fingerprint density at radius 3 is 2.79 bits per heavy atom. The molecular weight excluding hydrogens is 387 g/mol. The topological polar surface area (TPSA) is 83.6 Å². The highest BCUT2D eigenvalue weighted by Gasteiger charge is 2.19. The van der Waals surface area contributed by atoms with Crippen molar-refractivity contribution >= 4 is 30.2 Å². The smallest absolute Gasteiger partial charge is 0.240 e. The first-order valence-corrected chi connectivity index (χ1v) is 9.04. The summed E-state index contributed by atoms with van der Waals surface area (Å²) in [5, 5.41) is 5.72. The van der Waals surface area contributed by atoms with E-state index >= 15 is 0 Å². The molecule has 2 rings (SSSR count). The van der Waals surface area contributed by atoms with Crippen LogP contribution < -0.4 is 15.4 Å². The van der Waals surface area contributed by atoms with Gasteiger partial charge in [-0.25, -0.2) is 4.39 Å². The summed E-state index contributed by atoms with van der Waals surface area (Å²) in [4.78, 5) is 28.2. The molecule has 0 spiro atoms. The van der Waals surface area contributed by atoms with Crippen LogP contribution >= 0.6 is 11.6 Å². The number of halogens is 2. The lowest BCUT2D eigenvalue weighted by molar-refractivity contribution is -0.118. The molecule has 2 aromatic rings. The minimum absolute atomic E-state index is 0.0370. The van der Waals surface area contributed by atoms with E-state index in [9.17, 15) is 14.0 Å². The summed E-state index contributed by atoms with van der Waals surface area (Å²) < 4.78 is 18.9. The molecule has 0 fully saturated rings. The van der Waals surface area contributed by atoms with E-state index in [4.69, 9.17) is 16.3 Å². The quantitative estimate of drug-likeness (QED) is 0.558. The number of pyridine rings is 1. The van der Waals surface area contributed by atoms with Gasteiger partial charge in [-0.05, 0) is 25.2 Å². The summed E-state index contributed by atoms with van der Waals surface area (Å²) in [5.74, 6) is -0.0856. The number of hydrogen-bond donors (Lipinski definition) is 2. The van der Waals surface area contributed by atoms with Gasteiger partial charge in [-0.1, -0.05) is 24.6 Å². The van der Waals surface area contributed by atoms with Crippen molar-refractivity contribution in [2.75, 3.05) is 32.0 Å². The Labute approximate surface area is 167 Å². The van der Waals surface area contributed by atoms with Crippen LogP contribution in [0.2, 0.25) is 5.02 Å². The predicted octanol–water partition coefficient (Wildman–Crippen LogP) is 3.02. The number of amides is 2. The van der Waals surface area contributed by atoms with Crippen molar-refractivity contribution in [3.8, 4) is 11.6 Å². The van der Waals surface area contributed by atoms with Crippen LogP contribution in [0.4, 0.5) is 10.2 Å². The number of likely N-dealkylation sites (N-methyl/N-ethyl adjacent to an activating group) is 1. The lowest BCUT2D eigenvalue weighted by atomic mass is 10.0. The van der Waals surface area contributed by atoms with Crippen molar-refractivity contribution in [3.05, 3.63) is 46.7 Å². The molecule has 0 radical (unpaired) electrons. The van der Waals surface area contributed by atoms with Crippen molar-refractivity contribution in [1.82, 2.24) is 15.2 Å². The Kier molecular flexibility index (Phi) is 8.16. The molecule has 1 heterocycles.